The van der Waals surface area contributed by atoms with Crippen molar-refractivity contribution in [3.8, 4) is 11.8 Å². The van der Waals surface area contributed by atoms with Crippen LogP contribution < -0.4 is 10.1 Å². The van der Waals surface area contributed by atoms with E-state index in [9.17, 15) is 4.79 Å². The summed E-state index contributed by atoms with van der Waals surface area (Å²) in [5, 5.41) is 12.1. The van der Waals surface area contributed by atoms with E-state index in [-0.39, 0.29) is 6.04 Å². The molecule has 1 N–H and O–H groups in total. The molecule has 0 saturated carbocycles. The molecular formula is C12H12N2O3. The zero-order valence-corrected chi connectivity index (χ0v) is 9.56. The van der Waals surface area contributed by atoms with Crippen molar-refractivity contribution in [2.45, 2.75) is 19.1 Å². The van der Waals surface area contributed by atoms with Gasteiger partial charge in [0.25, 0.3) is 0 Å². The average Bonchev–Trinajstić information content (AvgIpc) is 2.36. The lowest BCUT2D eigenvalue weighted by atomic mass is 10.1. The molecule has 1 aliphatic rings. The number of hydrogen-bond donors (Lipinski definition) is 1. The molecule has 2 unspecified atom stereocenters. The Morgan fingerprint density at radius 1 is 1.59 bits per heavy atom. The number of esters is 1. The first kappa shape index (κ1) is 11.3. The second-order valence-electron chi connectivity index (χ2n) is 3.77. The lowest BCUT2D eigenvalue weighted by molar-refractivity contribution is 0.0593. The van der Waals surface area contributed by atoms with E-state index >= 15 is 0 Å². The maximum absolute atomic E-state index is 11.5. The van der Waals surface area contributed by atoms with E-state index in [4.69, 9.17) is 10.00 Å². The molecule has 0 fully saturated rings. The number of hydrogen-bond acceptors (Lipinski definition) is 5. The van der Waals surface area contributed by atoms with Gasteiger partial charge in [0.15, 0.2) is 5.75 Å². The van der Waals surface area contributed by atoms with Gasteiger partial charge in [-0.3, -0.25) is 0 Å². The van der Waals surface area contributed by atoms with Crippen LogP contribution in [0.2, 0.25) is 0 Å². The van der Waals surface area contributed by atoms with Crippen LogP contribution in [0.15, 0.2) is 18.2 Å². The number of methoxy groups -OCH3 is 1. The first-order chi connectivity index (χ1) is 8.17. The highest BCUT2D eigenvalue weighted by Crippen LogP contribution is 2.34. The predicted octanol–water partition coefficient (Wildman–Crippen LogP) is 1.56. The fourth-order valence-electron chi connectivity index (χ4n) is 1.74. The van der Waals surface area contributed by atoms with Gasteiger partial charge in [-0.05, 0) is 19.1 Å². The lowest BCUT2D eigenvalue weighted by Gasteiger charge is -2.29. The Kier molecular flexibility index (Phi) is 2.88. The number of nitrogens with one attached hydrogen (secondary N) is 1. The van der Waals surface area contributed by atoms with E-state index in [0.29, 0.717) is 17.0 Å². The van der Waals surface area contributed by atoms with Crippen LogP contribution in [0.25, 0.3) is 0 Å². The normalized spacial score (nSPS) is 21.5. The summed E-state index contributed by atoms with van der Waals surface area (Å²) in [6.45, 7) is 1.85. The van der Waals surface area contributed by atoms with Gasteiger partial charge in [0.2, 0.25) is 6.10 Å². The van der Waals surface area contributed by atoms with Crippen molar-refractivity contribution in [1.29, 1.82) is 5.26 Å². The molecule has 2 rings (SSSR count). The Hall–Kier alpha value is -2.22. The van der Waals surface area contributed by atoms with Gasteiger partial charge in [-0.15, -0.1) is 0 Å². The Bertz CT molecular complexity index is 493. The molecule has 17 heavy (non-hydrogen) atoms. The molecule has 2 atom stereocenters. The number of carbonyl (C=O) groups is 1. The van der Waals surface area contributed by atoms with E-state index in [2.05, 4.69) is 10.1 Å². The summed E-state index contributed by atoms with van der Waals surface area (Å²) in [5.41, 5.74) is 1.02. The SMILES string of the molecule is COC(=O)c1cccc2c1OC(C#N)C(C)N2. The van der Waals surface area contributed by atoms with Crippen molar-refractivity contribution in [2.75, 3.05) is 12.4 Å². The summed E-state index contributed by atoms with van der Waals surface area (Å²) in [6.07, 6.45) is -0.617. The third-order valence-electron chi connectivity index (χ3n) is 2.63. The molecule has 0 aromatic heterocycles. The predicted molar refractivity (Wildman–Crippen MR) is 60.9 cm³/mol. The van der Waals surface area contributed by atoms with Crippen LogP contribution in [-0.2, 0) is 4.74 Å². The molecule has 0 aliphatic carbocycles. The molecule has 1 aliphatic heterocycles. The number of anilines is 1. The van der Waals surface area contributed by atoms with Crippen LogP contribution in [-0.4, -0.2) is 25.2 Å². The maximum atomic E-state index is 11.5. The van der Waals surface area contributed by atoms with Gasteiger partial charge in [0.1, 0.15) is 11.6 Å². The molecule has 0 saturated heterocycles. The molecule has 5 heteroatoms. The third-order valence-corrected chi connectivity index (χ3v) is 2.63. The quantitative estimate of drug-likeness (QED) is 0.744. The van der Waals surface area contributed by atoms with Gasteiger partial charge in [-0.1, -0.05) is 6.07 Å². The summed E-state index contributed by atoms with van der Waals surface area (Å²) >= 11 is 0. The monoisotopic (exact) mass is 232 g/mol. The van der Waals surface area contributed by atoms with Crippen molar-refractivity contribution in [3.63, 3.8) is 0 Å². The number of carbonyl (C=O) groups excluding carboxylic acids is 1. The van der Waals surface area contributed by atoms with E-state index in [1.54, 1.807) is 18.2 Å². The smallest absolute Gasteiger partial charge is 0.341 e. The number of benzene rings is 1. The molecule has 1 aromatic carbocycles. The average molecular weight is 232 g/mol. The van der Waals surface area contributed by atoms with Crippen LogP contribution in [0, 0.1) is 11.3 Å². The molecule has 0 bridgehead atoms. The fraction of sp³-hybridized carbons (Fsp3) is 0.333. The van der Waals surface area contributed by atoms with Gasteiger partial charge in [0.05, 0.1) is 18.8 Å². The molecule has 0 amide bonds. The van der Waals surface area contributed by atoms with Crippen LogP contribution >= 0.6 is 0 Å². The highest BCUT2D eigenvalue weighted by atomic mass is 16.5. The summed E-state index contributed by atoms with van der Waals surface area (Å²) < 4.78 is 10.2. The van der Waals surface area contributed by atoms with Crippen molar-refractivity contribution in [2.24, 2.45) is 0 Å². The fourth-order valence-corrected chi connectivity index (χ4v) is 1.74. The van der Waals surface area contributed by atoms with E-state index in [1.807, 2.05) is 13.0 Å². The first-order valence-electron chi connectivity index (χ1n) is 5.21. The highest BCUT2D eigenvalue weighted by molar-refractivity contribution is 5.95. The first-order valence-corrected chi connectivity index (χ1v) is 5.21. The van der Waals surface area contributed by atoms with Crippen molar-refractivity contribution >= 4 is 11.7 Å². The number of para-hydroxylation sites is 1. The summed E-state index contributed by atoms with van der Waals surface area (Å²) in [4.78, 5) is 11.5. The van der Waals surface area contributed by atoms with Gasteiger partial charge < -0.3 is 14.8 Å². The van der Waals surface area contributed by atoms with E-state index in [0.717, 1.165) is 0 Å². The molecule has 88 valence electrons. The minimum Gasteiger partial charge on any atom is -0.470 e. The molecule has 0 spiro atoms. The van der Waals surface area contributed by atoms with Gasteiger partial charge >= 0.3 is 5.97 Å². The Morgan fingerprint density at radius 2 is 2.35 bits per heavy atom. The van der Waals surface area contributed by atoms with E-state index < -0.39 is 12.1 Å². The Labute approximate surface area is 98.9 Å². The molecular weight excluding hydrogens is 220 g/mol. The minimum atomic E-state index is -0.617. The van der Waals surface area contributed by atoms with Crippen LogP contribution in [0.3, 0.4) is 0 Å². The minimum absolute atomic E-state index is 0.125. The second-order valence-corrected chi connectivity index (χ2v) is 3.77. The zero-order chi connectivity index (χ0) is 12.4. The number of nitriles is 1. The molecule has 1 aromatic rings. The molecule has 0 radical (unpaired) electrons. The Morgan fingerprint density at radius 3 is 3.00 bits per heavy atom. The Balaban J connectivity index is 2.45. The van der Waals surface area contributed by atoms with Gasteiger partial charge in [-0.2, -0.15) is 5.26 Å². The standard InChI is InChI=1S/C12H12N2O3/c1-7-10(6-13)17-11-8(12(15)16-2)4-3-5-9(11)14-7/h3-5,7,10,14H,1-2H3. The van der Waals surface area contributed by atoms with E-state index in [1.165, 1.54) is 7.11 Å². The van der Waals surface area contributed by atoms with Gasteiger partial charge in [-0.25, -0.2) is 4.79 Å². The summed E-state index contributed by atoms with van der Waals surface area (Å²) in [6, 6.07) is 7.06. The van der Waals surface area contributed by atoms with Crippen LogP contribution in [0.5, 0.6) is 5.75 Å². The van der Waals surface area contributed by atoms with Crippen molar-refractivity contribution in [1.82, 2.24) is 0 Å². The summed E-state index contributed by atoms with van der Waals surface area (Å²) in [5.74, 6) is -0.0982. The number of nitrogens with zero attached hydrogens (tertiary/aromatic N) is 1. The number of rotatable bonds is 1. The van der Waals surface area contributed by atoms with Crippen LogP contribution in [0.4, 0.5) is 5.69 Å². The molecule has 1 heterocycles. The second kappa shape index (κ2) is 4.34. The number of ether oxygens (including phenoxy) is 2. The molecule has 5 nitrogen and oxygen atoms in total. The highest BCUT2D eigenvalue weighted by Gasteiger charge is 2.29. The third kappa shape index (κ3) is 1.89. The van der Waals surface area contributed by atoms with Crippen LogP contribution in [0.1, 0.15) is 17.3 Å². The van der Waals surface area contributed by atoms with Gasteiger partial charge in [0, 0.05) is 0 Å². The lowest BCUT2D eigenvalue weighted by Crippen LogP contribution is -2.38. The number of fused-ring (bicyclic) bond motifs is 1. The van der Waals surface area contributed by atoms with Crippen molar-refractivity contribution in [3.05, 3.63) is 23.8 Å². The zero-order valence-electron chi connectivity index (χ0n) is 9.56. The maximum Gasteiger partial charge on any atom is 0.341 e. The summed E-state index contributed by atoms with van der Waals surface area (Å²) in [7, 11) is 1.31. The largest absolute Gasteiger partial charge is 0.470 e. The topological polar surface area (TPSA) is 71.3 Å². The van der Waals surface area contributed by atoms with Crippen molar-refractivity contribution < 1.29 is 14.3 Å².